The van der Waals surface area contributed by atoms with Crippen LogP contribution in [0.25, 0.3) is 0 Å². The molecule has 0 aromatic carbocycles. The largest absolute Gasteiger partial charge is 0.481 e. The molecule has 1 saturated heterocycles. The van der Waals surface area contributed by atoms with Gasteiger partial charge in [-0.3, -0.25) is 9.59 Å². The number of nitrogens with zero attached hydrogens (tertiary/aromatic N) is 2. The molecule has 1 heterocycles. The number of Topliss-reactive ketones (excluding diaryl/α,β-unsaturated/α-hetero) is 1. The van der Waals surface area contributed by atoms with Gasteiger partial charge in [-0.2, -0.15) is 0 Å². The summed E-state index contributed by atoms with van der Waals surface area (Å²) in [6, 6.07) is 0. The van der Waals surface area contributed by atoms with Crippen molar-refractivity contribution in [2.75, 3.05) is 13.2 Å². The van der Waals surface area contributed by atoms with Gasteiger partial charge in [-0.05, 0) is 62.2 Å². The van der Waals surface area contributed by atoms with Gasteiger partial charge in [0.15, 0.2) is 5.03 Å². The van der Waals surface area contributed by atoms with Gasteiger partial charge in [-0.1, -0.05) is 47.0 Å². The molecule has 3 aliphatic carbocycles. The van der Waals surface area contributed by atoms with Crippen LogP contribution in [0.5, 0.6) is 0 Å². The quantitative estimate of drug-likeness (QED) is 0.0614. The fourth-order valence-corrected chi connectivity index (χ4v) is 6.70. The van der Waals surface area contributed by atoms with Crippen LogP contribution in [0.2, 0.25) is 0 Å². The SMILES string of the molecule is CC(C)C[C@H](NC(=O)[C@H](CCCN=C(N)N[N+](=O)[O-])CC(=O)C(C)(C)CO)B1O[C@@H]2C[C@H]3C[C@H](C3(C)C)[C@]2(C)O1. The minimum atomic E-state index is -0.982. The highest BCUT2D eigenvalue weighted by Gasteiger charge is 2.68. The molecular formula is C27H48BN5O7. The van der Waals surface area contributed by atoms with Gasteiger partial charge in [0.1, 0.15) is 5.78 Å². The number of nitrogens with one attached hydrogen (secondary N) is 2. The first-order valence-electron chi connectivity index (χ1n) is 14.5. The lowest BCUT2D eigenvalue weighted by Gasteiger charge is -2.64. The van der Waals surface area contributed by atoms with E-state index in [-0.39, 0.29) is 54.7 Å². The van der Waals surface area contributed by atoms with Gasteiger partial charge >= 0.3 is 7.12 Å². The van der Waals surface area contributed by atoms with E-state index < -0.39 is 35.0 Å². The number of carbonyl (C=O) groups excluding carboxylic acids is 2. The summed E-state index contributed by atoms with van der Waals surface area (Å²) in [5, 5.41) is 22.6. The second-order valence-electron chi connectivity index (χ2n) is 13.7. The molecule has 1 amide bonds. The van der Waals surface area contributed by atoms with Gasteiger partial charge in [0.05, 0.1) is 24.3 Å². The van der Waals surface area contributed by atoms with Gasteiger partial charge in [0, 0.05) is 24.3 Å². The maximum Gasteiger partial charge on any atom is 0.481 e. The molecule has 0 spiro atoms. The number of nitro groups is 1. The summed E-state index contributed by atoms with van der Waals surface area (Å²) in [7, 11) is -0.584. The Morgan fingerprint density at radius 2 is 1.95 bits per heavy atom. The fourth-order valence-electron chi connectivity index (χ4n) is 6.70. The smallest absolute Gasteiger partial charge is 0.404 e. The van der Waals surface area contributed by atoms with Crippen molar-refractivity contribution in [1.29, 1.82) is 0 Å². The highest BCUT2D eigenvalue weighted by atomic mass is 16.7. The van der Waals surface area contributed by atoms with Crippen LogP contribution in [-0.2, 0) is 18.9 Å². The first-order chi connectivity index (χ1) is 18.5. The monoisotopic (exact) mass is 565 g/mol. The summed E-state index contributed by atoms with van der Waals surface area (Å²) in [6.07, 6.45) is 3.35. The van der Waals surface area contributed by atoms with E-state index in [1.54, 1.807) is 19.3 Å². The highest BCUT2D eigenvalue weighted by Crippen LogP contribution is 2.65. The Kier molecular flexibility index (Phi) is 9.94. The molecule has 4 fully saturated rings. The molecule has 4 rings (SSSR count). The molecule has 0 aromatic rings. The fraction of sp³-hybridized carbons (Fsp3) is 0.889. The molecule has 40 heavy (non-hydrogen) atoms. The molecule has 4 aliphatic rings. The predicted molar refractivity (Wildman–Crippen MR) is 151 cm³/mol. The molecular weight excluding hydrogens is 517 g/mol. The number of aliphatic hydroxyl groups is 1. The number of aliphatic imine (C=N–C) groups is 1. The molecule has 0 aromatic heterocycles. The molecule has 12 nitrogen and oxygen atoms in total. The third-order valence-electron chi connectivity index (χ3n) is 9.50. The lowest BCUT2D eigenvalue weighted by Crippen LogP contribution is -2.65. The van der Waals surface area contributed by atoms with Gasteiger partial charge in [-0.15, -0.1) is 0 Å². The summed E-state index contributed by atoms with van der Waals surface area (Å²) in [5.41, 5.74) is 6.09. The molecule has 1 aliphatic heterocycles. The van der Waals surface area contributed by atoms with E-state index in [2.05, 4.69) is 44.9 Å². The third kappa shape index (κ3) is 6.96. The minimum Gasteiger partial charge on any atom is -0.404 e. The maximum absolute atomic E-state index is 13.7. The summed E-state index contributed by atoms with van der Waals surface area (Å²) < 4.78 is 13.1. The van der Waals surface area contributed by atoms with Gasteiger partial charge in [0.2, 0.25) is 5.91 Å². The van der Waals surface area contributed by atoms with Crippen molar-refractivity contribution in [3.8, 4) is 0 Å². The highest BCUT2D eigenvalue weighted by molar-refractivity contribution is 6.47. The number of ketones is 1. The average Bonchev–Trinajstić information content (AvgIpc) is 3.21. The Morgan fingerprint density at radius 1 is 1.27 bits per heavy atom. The number of guanidine groups is 1. The van der Waals surface area contributed by atoms with E-state index in [0.29, 0.717) is 31.1 Å². The van der Waals surface area contributed by atoms with Crippen LogP contribution in [0.3, 0.4) is 0 Å². The molecule has 6 atom stereocenters. The number of hydrazine groups is 1. The number of aliphatic hydroxyl groups excluding tert-OH is 1. The molecule has 2 bridgehead atoms. The zero-order valence-electron chi connectivity index (χ0n) is 25.1. The number of hydrogen-bond donors (Lipinski definition) is 4. The van der Waals surface area contributed by atoms with E-state index in [0.717, 1.165) is 12.8 Å². The van der Waals surface area contributed by atoms with Crippen LogP contribution in [0.1, 0.15) is 87.0 Å². The first kappa shape index (κ1) is 32.3. The van der Waals surface area contributed by atoms with Crippen molar-refractivity contribution < 1.29 is 29.0 Å². The van der Waals surface area contributed by atoms with Crippen molar-refractivity contribution in [2.45, 2.75) is 105 Å². The molecule has 0 radical (unpaired) electrons. The van der Waals surface area contributed by atoms with Crippen LogP contribution in [0.15, 0.2) is 4.99 Å². The zero-order valence-corrected chi connectivity index (χ0v) is 25.1. The van der Waals surface area contributed by atoms with E-state index in [1.807, 2.05) is 0 Å². The number of rotatable bonds is 14. The minimum absolute atomic E-state index is 0.0142. The summed E-state index contributed by atoms with van der Waals surface area (Å²) >= 11 is 0. The number of carbonyl (C=O) groups is 2. The number of amides is 1. The summed E-state index contributed by atoms with van der Waals surface area (Å²) in [5.74, 6) is -0.639. The van der Waals surface area contributed by atoms with Crippen molar-refractivity contribution in [1.82, 2.24) is 10.7 Å². The van der Waals surface area contributed by atoms with Crippen LogP contribution >= 0.6 is 0 Å². The Bertz CT molecular complexity index is 990. The standard InChI is InChI=1S/C27H48BN5O7/c1-16(2)11-22(28-39-21-14-18-13-19(26(18,5)6)27(21,7)40-28)31-23(36)17(12-20(35)25(3,4)15-34)9-8-10-30-24(29)32-33(37)38/h16-19,21-22,34H,8-15H2,1-7H3,(H,31,36)(H3,29,30,32)/t17-,18-,19-,21-,22+,27+/m1/s1. The lowest BCUT2D eigenvalue weighted by atomic mass is 9.43. The summed E-state index contributed by atoms with van der Waals surface area (Å²) in [6.45, 7) is 14.0. The maximum atomic E-state index is 13.7. The summed E-state index contributed by atoms with van der Waals surface area (Å²) in [4.78, 5) is 41.1. The Balaban J connectivity index is 1.72. The van der Waals surface area contributed by atoms with Gasteiger partial charge in [-0.25, -0.2) is 15.1 Å². The van der Waals surface area contributed by atoms with E-state index in [1.165, 1.54) is 0 Å². The lowest BCUT2D eigenvalue weighted by molar-refractivity contribution is -0.525. The van der Waals surface area contributed by atoms with E-state index in [4.69, 9.17) is 15.0 Å². The second-order valence-corrected chi connectivity index (χ2v) is 13.7. The normalized spacial score (nSPS) is 28.9. The van der Waals surface area contributed by atoms with Gasteiger partial charge < -0.3 is 25.5 Å². The van der Waals surface area contributed by atoms with Crippen molar-refractivity contribution in [3.63, 3.8) is 0 Å². The topological polar surface area (TPSA) is 178 Å². The van der Waals surface area contributed by atoms with Crippen molar-refractivity contribution in [3.05, 3.63) is 10.1 Å². The van der Waals surface area contributed by atoms with Crippen LogP contribution in [0, 0.1) is 44.6 Å². The van der Waals surface area contributed by atoms with Crippen LogP contribution in [-0.4, -0.2) is 65.7 Å². The van der Waals surface area contributed by atoms with E-state index >= 15 is 0 Å². The predicted octanol–water partition coefficient (Wildman–Crippen LogP) is 2.25. The first-order valence-corrected chi connectivity index (χ1v) is 14.5. The van der Waals surface area contributed by atoms with Gasteiger partial charge in [0.25, 0.3) is 5.96 Å². The van der Waals surface area contributed by atoms with E-state index in [9.17, 15) is 24.8 Å². The second kappa shape index (κ2) is 12.3. The third-order valence-corrected chi connectivity index (χ3v) is 9.50. The number of hydrogen-bond acceptors (Lipinski definition) is 8. The molecule has 13 heteroatoms. The van der Waals surface area contributed by atoms with Crippen molar-refractivity contribution in [2.24, 2.45) is 45.2 Å². The Labute approximate surface area is 237 Å². The van der Waals surface area contributed by atoms with Crippen LogP contribution < -0.4 is 16.5 Å². The zero-order chi connectivity index (χ0) is 30.0. The Hall–Kier alpha value is -2.25. The molecule has 226 valence electrons. The average molecular weight is 566 g/mol. The molecule has 3 saturated carbocycles. The van der Waals surface area contributed by atoms with Crippen LogP contribution in [0.4, 0.5) is 0 Å². The Morgan fingerprint density at radius 3 is 2.52 bits per heavy atom. The molecule has 5 N–H and O–H groups in total. The molecule has 0 unspecified atom stereocenters. The number of nitrogens with two attached hydrogens (primary N) is 1. The van der Waals surface area contributed by atoms with Crippen molar-refractivity contribution >= 4 is 24.8 Å².